The highest BCUT2D eigenvalue weighted by atomic mass is 19.1. The lowest BCUT2D eigenvalue weighted by atomic mass is 10.1. The van der Waals surface area contributed by atoms with Gasteiger partial charge in [-0.05, 0) is 18.1 Å². The predicted molar refractivity (Wildman–Crippen MR) is 55.6 cm³/mol. The third-order valence-electron chi connectivity index (χ3n) is 1.99. The number of carbonyl (C=O) groups excluding carboxylic acids is 1. The molecule has 0 unspecified atom stereocenters. The molecule has 0 saturated heterocycles. The van der Waals surface area contributed by atoms with Gasteiger partial charge in [-0.25, -0.2) is 4.98 Å². The lowest BCUT2D eigenvalue weighted by Crippen LogP contribution is -2.39. The van der Waals surface area contributed by atoms with Crippen LogP contribution < -0.4 is 11.1 Å². The molecular formula is C10H14FN3O. The summed E-state index contributed by atoms with van der Waals surface area (Å²) >= 11 is 0. The Morgan fingerprint density at radius 1 is 1.53 bits per heavy atom. The minimum atomic E-state index is -0.633. The van der Waals surface area contributed by atoms with Gasteiger partial charge >= 0.3 is 0 Å². The number of rotatable bonds is 3. The van der Waals surface area contributed by atoms with E-state index in [9.17, 15) is 9.18 Å². The monoisotopic (exact) mass is 211 g/mol. The van der Waals surface area contributed by atoms with Crippen LogP contribution >= 0.6 is 0 Å². The summed E-state index contributed by atoms with van der Waals surface area (Å²) in [5.41, 5.74) is 5.61. The second-order valence-corrected chi connectivity index (χ2v) is 3.60. The molecule has 0 spiro atoms. The van der Waals surface area contributed by atoms with Crippen LogP contribution in [0.5, 0.6) is 0 Å². The van der Waals surface area contributed by atoms with E-state index in [1.807, 2.05) is 13.8 Å². The van der Waals surface area contributed by atoms with E-state index in [0.717, 1.165) is 0 Å². The number of nitrogens with two attached hydrogens (primary N) is 1. The van der Waals surface area contributed by atoms with Crippen molar-refractivity contribution in [3.63, 3.8) is 0 Å². The Kier molecular flexibility index (Phi) is 3.74. The molecular weight excluding hydrogens is 197 g/mol. The zero-order valence-corrected chi connectivity index (χ0v) is 8.70. The lowest BCUT2D eigenvalue weighted by molar-refractivity contribution is -0.118. The molecule has 1 heterocycles. The smallest absolute Gasteiger partial charge is 0.242 e. The number of hydrogen-bond acceptors (Lipinski definition) is 3. The summed E-state index contributed by atoms with van der Waals surface area (Å²) in [5, 5.41) is 2.45. The highest BCUT2D eigenvalue weighted by molar-refractivity contribution is 5.93. The number of pyridine rings is 1. The van der Waals surface area contributed by atoms with Crippen molar-refractivity contribution in [2.24, 2.45) is 11.7 Å². The quantitative estimate of drug-likeness (QED) is 0.737. The zero-order chi connectivity index (χ0) is 11.4. The van der Waals surface area contributed by atoms with Gasteiger partial charge in [0.1, 0.15) is 5.82 Å². The van der Waals surface area contributed by atoms with Gasteiger partial charge in [0.05, 0.1) is 6.04 Å². The number of aromatic nitrogens is 1. The van der Waals surface area contributed by atoms with Gasteiger partial charge in [0.2, 0.25) is 11.9 Å². The molecule has 0 bridgehead atoms. The standard InChI is InChI=1S/C10H14FN3O/c1-6(2)9(12)10(15)14-8-5-3-4-7(11)13-8/h3-6,9H,12H2,1-2H3,(H,13,14,15)/t9-/m0/s1. The van der Waals surface area contributed by atoms with Crippen molar-refractivity contribution in [3.05, 3.63) is 24.1 Å². The Labute approximate surface area is 87.7 Å². The van der Waals surface area contributed by atoms with Crippen molar-refractivity contribution in [1.82, 2.24) is 4.98 Å². The van der Waals surface area contributed by atoms with Crippen LogP contribution in [0.4, 0.5) is 10.2 Å². The molecule has 1 atom stereocenters. The predicted octanol–water partition coefficient (Wildman–Crippen LogP) is 1.14. The minimum Gasteiger partial charge on any atom is -0.320 e. The summed E-state index contributed by atoms with van der Waals surface area (Å²) in [6.45, 7) is 3.67. The van der Waals surface area contributed by atoms with Gasteiger partial charge in [-0.1, -0.05) is 19.9 Å². The summed E-state index contributed by atoms with van der Waals surface area (Å²) in [7, 11) is 0. The Hall–Kier alpha value is -1.49. The van der Waals surface area contributed by atoms with Gasteiger partial charge in [0.25, 0.3) is 0 Å². The largest absolute Gasteiger partial charge is 0.320 e. The maximum Gasteiger partial charge on any atom is 0.242 e. The second kappa shape index (κ2) is 4.84. The minimum absolute atomic E-state index is 0.0264. The van der Waals surface area contributed by atoms with Crippen LogP contribution in [0.15, 0.2) is 18.2 Å². The molecule has 0 fully saturated rings. The molecule has 4 nitrogen and oxygen atoms in total. The fourth-order valence-electron chi connectivity index (χ4n) is 0.990. The topological polar surface area (TPSA) is 68.0 Å². The average Bonchev–Trinajstić information content (AvgIpc) is 2.16. The van der Waals surface area contributed by atoms with Crippen molar-refractivity contribution < 1.29 is 9.18 Å². The fraction of sp³-hybridized carbons (Fsp3) is 0.400. The summed E-state index contributed by atoms with van der Waals surface area (Å²) in [6.07, 6.45) is 0. The van der Waals surface area contributed by atoms with Crippen LogP contribution in [0.2, 0.25) is 0 Å². The molecule has 0 aliphatic heterocycles. The summed E-state index contributed by atoms with van der Waals surface area (Å²) in [5.74, 6) is -0.788. The van der Waals surface area contributed by atoms with Crippen LogP contribution in [0.3, 0.4) is 0 Å². The van der Waals surface area contributed by atoms with E-state index in [-0.39, 0.29) is 17.6 Å². The number of nitrogens with zero attached hydrogens (tertiary/aromatic N) is 1. The third-order valence-corrected chi connectivity index (χ3v) is 1.99. The lowest BCUT2D eigenvalue weighted by Gasteiger charge is -2.14. The molecule has 0 saturated carbocycles. The molecule has 5 heteroatoms. The number of anilines is 1. The molecule has 0 aromatic carbocycles. The molecule has 0 aliphatic rings. The average molecular weight is 211 g/mol. The van der Waals surface area contributed by atoms with Crippen LogP contribution in [0.1, 0.15) is 13.8 Å². The Morgan fingerprint density at radius 2 is 2.20 bits per heavy atom. The van der Waals surface area contributed by atoms with Gasteiger partial charge < -0.3 is 11.1 Å². The van der Waals surface area contributed by atoms with Crippen molar-refractivity contribution in [2.75, 3.05) is 5.32 Å². The zero-order valence-electron chi connectivity index (χ0n) is 8.70. The highest BCUT2D eigenvalue weighted by Crippen LogP contribution is 2.06. The molecule has 0 aliphatic carbocycles. The number of halogens is 1. The maximum absolute atomic E-state index is 12.7. The normalized spacial score (nSPS) is 12.6. The van der Waals surface area contributed by atoms with Crippen molar-refractivity contribution in [1.29, 1.82) is 0 Å². The summed E-state index contributed by atoms with van der Waals surface area (Å²) in [6, 6.07) is 3.57. The molecule has 82 valence electrons. The number of carbonyl (C=O) groups is 1. The van der Waals surface area contributed by atoms with Crippen LogP contribution in [-0.2, 0) is 4.79 Å². The molecule has 1 aromatic rings. The van der Waals surface area contributed by atoms with E-state index in [1.165, 1.54) is 18.2 Å². The van der Waals surface area contributed by atoms with Crippen LogP contribution in [0, 0.1) is 11.9 Å². The fourth-order valence-corrected chi connectivity index (χ4v) is 0.990. The Bertz CT molecular complexity index is 354. The SMILES string of the molecule is CC(C)[C@H](N)C(=O)Nc1cccc(F)n1. The third kappa shape index (κ3) is 3.28. The van der Waals surface area contributed by atoms with E-state index < -0.39 is 12.0 Å². The second-order valence-electron chi connectivity index (χ2n) is 3.60. The summed E-state index contributed by atoms with van der Waals surface area (Å²) in [4.78, 5) is 15.0. The first-order valence-corrected chi connectivity index (χ1v) is 4.69. The molecule has 1 aromatic heterocycles. The van der Waals surface area contributed by atoms with Crippen molar-refractivity contribution in [3.8, 4) is 0 Å². The first-order valence-electron chi connectivity index (χ1n) is 4.69. The molecule has 1 rings (SSSR count). The van der Waals surface area contributed by atoms with E-state index in [2.05, 4.69) is 10.3 Å². The number of amides is 1. The van der Waals surface area contributed by atoms with E-state index >= 15 is 0 Å². The van der Waals surface area contributed by atoms with Gasteiger partial charge in [0.15, 0.2) is 0 Å². The molecule has 1 amide bonds. The Morgan fingerprint density at radius 3 is 2.73 bits per heavy atom. The highest BCUT2D eigenvalue weighted by Gasteiger charge is 2.17. The maximum atomic E-state index is 12.7. The number of hydrogen-bond donors (Lipinski definition) is 2. The van der Waals surface area contributed by atoms with Gasteiger partial charge in [0, 0.05) is 0 Å². The Balaban J connectivity index is 2.66. The van der Waals surface area contributed by atoms with E-state index in [1.54, 1.807) is 0 Å². The van der Waals surface area contributed by atoms with Crippen LogP contribution in [-0.4, -0.2) is 16.9 Å². The van der Waals surface area contributed by atoms with Gasteiger partial charge in [-0.15, -0.1) is 0 Å². The molecule has 3 N–H and O–H groups in total. The number of nitrogens with one attached hydrogen (secondary N) is 1. The van der Waals surface area contributed by atoms with Gasteiger partial charge in [-0.2, -0.15) is 4.39 Å². The first kappa shape index (κ1) is 11.6. The van der Waals surface area contributed by atoms with Crippen molar-refractivity contribution in [2.45, 2.75) is 19.9 Å². The van der Waals surface area contributed by atoms with E-state index in [4.69, 9.17) is 5.73 Å². The summed E-state index contributed by atoms with van der Waals surface area (Å²) < 4.78 is 12.7. The molecule has 0 radical (unpaired) electrons. The van der Waals surface area contributed by atoms with Crippen LogP contribution in [0.25, 0.3) is 0 Å². The van der Waals surface area contributed by atoms with E-state index in [0.29, 0.717) is 0 Å². The van der Waals surface area contributed by atoms with Crippen molar-refractivity contribution >= 4 is 11.7 Å². The molecule has 15 heavy (non-hydrogen) atoms. The first-order chi connectivity index (χ1) is 7.00. The van der Waals surface area contributed by atoms with Gasteiger partial charge in [-0.3, -0.25) is 4.79 Å².